The summed E-state index contributed by atoms with van der Waals surface area (Å²) in [6.07, 6.45) is 2.14. The third-order valence-electron chi connectivity index (χ3n) is 3.21. The van der Waals surface area contributed by atoms with E-state index >= 15 is 0 Å². The number of nitrogens with two attached hydrogens (primary N) is 1. The van der Waals surface area contributed by atoms with Crippen molar-refractivity contribution >= 4 is 16.6 Å². The molecule has 0 bridgehead atoms. The fourth-order valence-electron chi connectivity index (χ4n) is 1.89. The monoisotopic (exact) mass is 231 g/mol. The van der Waals surface area contributed by atoms with Gasteiger partial charge >= 0.3 is 0 Å². The minimum atomic E-state index is 0.122. The predicted molar refractivity (Wildman–Crippen MR) is 74.2 cm³/mol. The highest BCUT2D eigenvalue weighted by atomic mass is 15.0. The van der Waals surface area contributed by atoms with Gasteiger partial charge in [-0.2, -0.15) is 0 Å². The quantitative estimate of drug-likeness (QED) is 0.849. The van der Waals surface area contributed by atoms with E-state index in [9.17, 15) is 0 Å². The molecule has 92 valence electrons. The summed E-state index contributed by atoms with van der Waals surface area (Å²) in [6.45, 7) is 5.92. The summed E-state index contributed by atoms with van der Waals surface area (Å²) in [5, 5.41) is 4.77. The molecular formula is C14H21N3. The molecule has 2 rings (SSSR count). The molecule has 3 nitrogen and oxygen atoms in total. The number of fused-ring (bicyclic) bond motifs is 1. The Hall–Kier alpha value is -1.48. The molecule has 0 saturated carbocycles. The molecule has 1 aromatic carbocycles. The summed E-state index contributed by atoms with van der Waals surface area (Å²) in [7, 11) is 2.07. The van der Waals surface area contributed by atoms with Crippen LogP contribution in [-0.4, -0.2) is 17.7 Å². The van der Waals surface area contributed by atoms with Gasteiger partial charge in [0.15, 0.2) is 0 Å². The number of aryl methyl sites for hydroxylation is 1. The third kappa shape index (κ3) is 2.44. The summed E-state index contributed by atoms with van der Waals surface area (Å²) in [5.74, 6) is 0. The second-order valence-corrected chi connectivity index (χ2v) is 5.39. The Balaban J connectivity index is 2.25. The number of para-hydroxylation sites is 1. The Labute approximate surface area is 103 Å². The predicted octanol–water partition coefficient (Wildman–Crippen LogP) is 2.58. The number of anilines is 1. The Morgan fingerprint density at radius 2 is 2.00 bits per heavy atom. The molecule has 0 atom stereocenters. The van der Waals surface area contributed by atoms with Gasteiger partial charge in [-0.25, -0.2) is 0 Å². The van der Waals surface area contributed by atoms with E-state index in [0.29, 0.717) is 6.54 Å². The number of nitrogens with zero attached hydrogens (tertiary/aromatic N) is 1. The first-order chi connectivity index (χ1) is 8.03. The van der Waals surface area contributed by atoms with Crippen molar-refractivity contribution in [2.45, 2.75) is 13.8 Å². The highest BCUT2D eigenvalue weighted by molar-refractivity contribution is 5.92. The molecular weight excluding hydrogens is 210 g/mol. The average molecular weight is 231 g/mol. The Bertz CT molecular complexity index is 511. The summed E-state index contributed by atoms with van der Waals surface area (Å²) >= 11 is 0. The van der Waals surface area contributed by atoms with Gasteiger partial charge in [-0.1, -0.05) is 32.0 Å². The van der Waals surface area contributed by atoms with Gasteiger partial charge in [-0.05, 0) is 18.0 Å². The van der Waals surface area contributed by atoms with Gasteiger partial charge in [-0.15, -0.1) is 0 Å². The number of hydrogen-bond donors (Lipinski definition) is 2. The minimum Gasteiger partial charge on any atom is -0.383 e. The van der Waals surface area contributed by atoms with Crippen molar-refractivity contribution in [2.24, 2.45) is 18.2 Å². The molecule has 3 heteroatoms. The molecule has 0 amide bonds. The van der Waals surface area contributed by atoms with E-state index < -0.39 is 0 Å². The van der Waals surface area contributed by atoms with Crippen LogP contribution in [0.25, 0.3) is 10.9 Å². The smallest absolute Gasteiger partial charge is 0.0600 e. The standard InChI is InChI=1S/C14H21N3/c1-14(2,9-15)10-16-12-8-17(3)13-7-5-4-6-11(12)13/h4-8,16H,9-10,15H2,1-3H3. The van der Waals surface area contributed by atoms with Gasteiger partial charge in [0.25, 0.3) is 0 Å². The van der Waals surface area contributed by atoms with Gasteiger partial charge in [-0.3, -0.25) is 0 Å². The van der Waals surface area contributed by atoms with Crippen LogP contribution in [0.2, 0.25) is 0 Å². The summed E-state index contributed by atoms with van der Waals surface area (Å²) < 4.78 is 2.15. The van der Waals surface area contributed by atoms with E-state index in [0.717, 1.165) is 6.54 Å². The lowest BCUT2D eigenvalue weighted by Crippen LogP contribution is -2.31. The second kappa shape index (κ2) is 4.41. The molecule has 0 fully saturated rings. The lowest BCUT2D eigenvalue weighted by atomic mass is 9.94. The second-order valence-electron chi connectivity index (χ2n) is 5.39. The van der Waals surface area contributed by atoms with Gasteiger partial charge < -0.3 is 15.6 Å². The van der Waals surface area contributed by atoms with Crippen LogP contribution < -0.4 is 11.1 Å². The first-order valence-electron chi connectivity index (χ1n) is 6.01. The fraction of sp³-hybridized carbons (Fsp3) is 0.429. The molecule has 2 aromatic rings. The van der Waals surface area contributed by atoms with Crippen LogP contribution in [-0.2, 0) is 7.05 Å². The normalized spacial score (nSPS) is 12.0. The molecule has 1 aromatic heterocycles. The number of rotatable bonds is 4. The van der Waals surface area contributed by atoms with Gasteiger partial charge in [0, 0.05) is 30.7 Å². The zero-order valence-corrected chi connectivity index (χ0v) is 10.8. The van der Waals surface area contributed by atoms with Crippen molar-refractivity contribution in [2.75, 3.05) is 18.4 Å². The van der Waals surface area contributed by atoms with Gasteiger partial charge in [0.05, 0.1) is 5.69 Å². The molecule has 3 N–H and O–H groups in total. The van der Waals surface area contributed by atoms with Gasteiger partial charge in [0.1, 0.15) is 0 Å². The van der Waals surface area contributed by atoms with Crippen molar-refractivity contribution in [3.05, 3.63) is 30.5 Å². The van der Waals surface area contributed by atoms with Crippen LogP contribution >= 0.6 is 0 Å². The van der Waals surface area contributed by atoms with Crippen LogP contribution in [0.1, 0.15) is 13.8 Å². The lowest BCUT2D eigenvalue weighted by Gasteiger charge is -2.23. The molecule has 0 radical (unpaired) electrons. The zero-order chi connectivity index (χ0) is 12.5. The van der Waals surface area contributed by atoms with Crippen molar-refractivity contribution in [3.8, 4) is 0 Å². The topological polar surface area (TPSA) is 43.0 Å². The van der Waals surface area contributed by atoms with E-state index in [1.807, 2.05) is 0 Å². The summed E-state index contributed by atoms with van der Waals surface area (Å²) in [5.41, 5.74) is 8.30. The molecule has 0 unspecified atom stereocenters. The zero-order valence-electron chi connectivity index (χ0n) is 10.8. The molecule has 0 spiro atoms. The third-order valence-corrected chi connectivity index (χ3v) is 3.21. The Morgan fingerprint density at radius 3 is 2.71 bits per heavy atom. The molecule has 0 aliphatic heterocycles. The maximum Gasteiger partial charge on any atom is 0.0600 e. The largest absolute Gasteiger partial charge is 0.383 e. The van der Waals surface area contributed by atoms with Crippen LogP contribution in [0.4, 0.5) is 5.69 Å². The number of benzene rings is 1. The van der Waals surface area contributed by atoms with E-state index in [-0.39, 0.29) is 5.41 Å². The minimum absolute atomic E-state index is 0.122. The lowest BCUT2D eigenvalue weighted by molar-refractivity contribution is 0.406. The van der Waals surface area contributed by atoms with Crippen molar-refractivity contribution in [3.63, 3.8) is 0 Å². The van der Waals surface area contributed by atoms with Crippen molar-refractivity contribution in [1.82, 2.24) is 4.57 Å². The Kier molecular flexibility index (Phi) is 3.11. The van der Waals surface area contributed by atoms with Crippen LogP contribution in [0.3, 0.4) is 0 Å². The Morgan fingerprint density at radius 1 is 1.29 bits per heavy atom. The summed E-state index contributed by atoms with van der Waals surface area (Å²) in [4.78, 5) is 0. The first kappa shape index (κ1) is 12.0. The maximum atomic E-state index is 5.74. The molecule has 0 aliphatic carbocycles. The summed E-state index contributed by atoms with van der Waals surface area (Å²) in [6, 6.07) is 8.42. The molecule has 0 saturated heterocycles. The first-order valence-corrected chi connectivity index (χ1v) is 6.01. The molecule has 17 heavy (non-hydrogen) atoms. The van der Waals surface area contributed by atoms with Gasteiger partial charge in [0.2, 0.25) is 0 Å². The van der Waals surface area contributed by atoms with Crippen molar-refractivity contribution in [1.29, 1.82) is 0 Å². The van der Waals surface area contributed by atoms with Crippen LogP contribution in [0, 0.1) is 5.41 Å². The highest BCUT2D eigenvalue weighted by Gasteiger charge is 2.16. The fourth-order valence-corrected chi connectivity index (χ4v) is 1.89. The van der Waals surface area contributed by atoms with Crippen LogP contribution in [0.5, 0.6) is 0 Å². The molecule has 0 aliphatic rings. The SMILES string of the molecule is Cn1cc(NCC(C)(C)CN)c2ccccc21. The van der Waals surface area contributed by atoms with Crippen molar-refractivity contribution < 1.29 is 0 Å². The number of aromatic nitrogens is 1. The maximum absolute atomic E-state index is 5.74. The van der Waals surface area contributed by atoms with E-state index in [1.165, 1.54) is 16.6 Å². The van der Waals surface area contributed by atoms with Crippen LogP contribution in [0.15, 0.2) is 30.5 Å². The highest BCUT2D eigenvalue weighted by Crippen LogP contribution is 2.26. The van der Waals surface area contributed by atoms with E-state index in [2.05, 4.69) is 61.2 Å². The number of hydrogen-bond acceptors (Lipinski definition) is 2. The van der Waals surface area contributed by atoms with E-state index in [4.69, 9.17) is 5.73 Å². The average Bonchev–Trinajstić information content (AvgIpc) is 2.65. The molecule has 1 heterocycles. The number of nitrogens with one attached hydrogen (secondary N) is 1. The van der Waals surface area contributed by atoms with E-state index in [1.54, 1.807) is 0 Å².